The number of nitrogens with two attached hydrogens (primary N) is 1. The van der Waals surface area contributed by atoms with Crippen LogP contribution in [0.25, 0.3) is 0 Å². The van der Waals surface area contributed by atoms with E-state index in [1.54, 1.807) is 30.0 Å². The van der Waals surface area contributed by atoms with Crippen molar-refractivity contribution < 1.29 is 13.2 Å². The van der Waals surface area contributed by atoms with E-state index < -0.39 is 9.84 Å². The molecule has 0 radical (unpaired) electrons. The molecule has 1 aromatic rings. The molecule has 1 aliphatic rings. The van der Waals surface area contributed by atoms with Crippen molar-refractivity contribution in [2.24, 2.45) is 11.1 Å². The van der Waals surface area contributed by atoms with Gasteiger partial charge in [-0.2, -0.15) is 0 Å². The van der Waals surface area contributed by atoms with Crippen LogP contribution in [0, 0.1) is 5.41 Å². The highest BCUT2D eigenvalue weighted by Gasteiger charge is 2.36. The van der Waals surface area contributed by atoms with Gasteiger partial charge in [-0.1, -0.05) is 32.9 Å². The number of benzene rings is 1. The van der Waals surface area contributed by atoms with Gasteiger partial charge in [0.15, 0.2) is 9.84 Å². The van der Waals surface area contributed by atoms with Gasteiger partial charge in [0, 0.05) is 19.1 Å². The van der Waals surface area contributed by atoms with Gasteiger partial charge in [0.2, 0.25) is 0 Å². The quantitative estimate of drug-likeness (QED) is 0.895. The lowest BCUT2D eigenvalue weighted by Crippen LogP contribution is -2.54. The van der Waals surface area contributed by atoms with Crippen LogP contribution >= 0.6 is 12.4 Å². The Morgan fingerprint density at radius 3 is 2.52 bits per heavy atom. The third kappa shape index (κ3) is 4.05. The summed E-state index contributed by atoms with van der Waals surface area (Å²) in [6, 6.07) is 6.49. The number of likely N-dealkylation sites (tertiary alicyclic amines) is 1. The minimum absolute atomic E-state index is 0. The zero-order chi connectivity index (χ0) is 16.5. The highest BCUT2D eigenvalue weighted by molar-refractivity contribution is 7.91. The van der Waals surface area contributed by atoms with E-state index in [1.165, 1.54) is 6.07 Å². The van der Waals surface area contributed by atoms with E-state index in [-0.39, 0.29) is 46.0 Å². The molecule has 1 heterocycles. The summed E-state index contributed by atoms with van der Waals surface area (Å²) in [5, 5.41) is 0. The Labute approximate surface area is 144 Å². The second-order valence-corrected chi connectivity index (χ2v) is 8.76. The number of carbonyl (C=O) groups excluding carboxylic acids is 1. The van der Waals surface area contributed by atoms with Crippen LogP contribution in [0.5, 0.6) is 0 Å². The summed E-state index contributed by atoms with van der Waals surface area (Å²) in [6.07, 6.45) is 0.724. The lowest BCUT2D eigenvalue weighted by Gasteiger charge is -2.42. The smallest absolute Gasteiger partial charge is 0.255 e. The molecular formula is C16H25ClN2O3S. The maximum absolute atomic E-state index is 12.8. The largest absolute Gasteiger partial charge is 0.338 e. The van der Waals surface area contributed by atoms with Crippen molar-refractivity contribution in [2.75, 3.05) is 18.8 Å². The van der Waals surface area contributed by atoms with E-state index >= 15 is 0 Å². The van der Waals surface area contributed by atoms with Crippen LogP contribution in [0.4, 0.5) is 0 Å². The van der Waals surface area contributed by atoms with Crippen molar-refractivity contribution >= 4 is 28.2 Å². The summed E-state index contributed by atoms with van der Waals surface area (Å²) in [4.78, 5) is 14.6. The van der Waals surface area contributed by atoms with Crippen molar-refractivity contribution in [3.63, 3.8) is 0 Å². The first-order valence-electron chi connectivity index (χ1n) is 7.55. The van der Waals surface area contributed by atoms with Crippen molar-refractivity contribution in [3.8, 4) is 0 Å². The average Bonchev–Trinajstić information content (AvgIpc) is 2.49. The van der Waals surface area contributed by atoms with Crippen molar-refractivity contribution in [2.45, 2.75) is 38.1 Å². The van der Waals surface area contributed by atoms with Gasteiger partial charge in [0.25, 0.3) is 5.91 Å². The van der Waals surface area contributed by atoms with Gasteiger partial charge in [-0.3, -0.25) is 4.79 Å². The molecule has 2 N–H and O–H groups in total. The monoisotopic (exact) mass is 360 g/mol. The van der Waals surface area contributed by atoms with E-state index in [4.69, 9.17) is 5.73 Å². The molecule has 1 saturated heterocycles. The average molecular weight is 361 g/mol. The van der Waals surface area contributed by atoms with Crippen LogP contribution in [0.2, 0.25) is 0 Å². The number of amides is 1. The minimum Gasteiger partial charge on any atom is -0.338 e. The lowest BCUT2D eigenvalue weighted by molar-refractivity contribution is 0.0529. The molecule has 0 aliphatic carbocycles. The number of carbonyl (C=O) groups is 1. The molecular weight excluding hydrogens is 336 g/mol. The Morgan fingerprint density at radius 2 is 1.96 bits per heavy atom. The van der Waals surface area contributed by atoms with E-state index in [2.05, 4.69) is 0 Å². The Bertz CT molecular complexity index is 674. The van der Waals surface area contributed by atoms with Crippen LogP contribution < -0.4 is 5.73 Å². The molecule has 1 aromatic carbocycles. The van der Waals surface area contributed by atoms with Gasteiger partial charge in [0.05, 0.1) is 16.2 Å². The van der Waals surface area contributed by atoms with Crippen molar-refractivity contribution in [1.29, 1.82) is 0 Å². The highest BCUT2D eigenvalue weighted by atomic mass is 35.5. The first-order chi connectivity index (χ1) is 10.2. The van der Waals surface area contributed by atoms with Crippen molar-refractivity contribution in [3.05, 3.63) is 29.8 Å². The van der Waals surface area contributed by atoms with Gasteiger partial charge >= 0.3 is 0 Å². The van der Waals surface area contributed by atoms with E-state index in [9.17, 15) is 13.2 Å². The molecule has 1 atom stereocenters. The fourth-order valence-corrected chi connectivity index (χ4v) is 3.87. The minimum atomic E-state index is -3.42. The second-order valence-electron chi connectivity index (χ2n) is 6.51. The molecule has 23 heavy (non-hydrogen) atoms. The van der Waals surface area contributed by atoms with Gasteiger partial charge in [-0.25, -0.2) is 8.42 Å². The predicted octanol–water partition coefficient (Wildman–Crippen LogP) is 2.10. The fraction of sp³-hybridized carbons (Fsp3) is 0.562. The zero-order valence-corrected chi connectivity index (χ0v) is 15.4. The standard InChI is InChI=1S/C16H24N2O3S.ClH/c1-4-22(20,21)13-8-6-5-7-12(13)15(19)18-10-9-14(17)16(2,3)11-18;/h5-8,14H,4,9-11,17H2,1-3H3;1H. The highest BCUT2D eigenvalue weighted by Crippen LogP contribution is 2.29. The van der Waals surface area contributed by atoms with E-state index in [1.807, 2.05) is 13.8 Å². The Morgan fingerprint density at radius 1 is 1.35 bits per heavy atom. The second kappa shape index (κ2) is 7.20. The van der Waals surface area contributed by atoms with Crippen LogP contribution in [-0.2, 0) is 9.84 Å². The molecule has 0 saturated carbocycles. The summed E-state index contributed by atoms with van der Waals surface area (Å²) < 4.78 is 24.4. The molecule has 1 aliphatic heterocycles. The third-order valence-corrected chi connectivity index (χ3v) is 6.22. The number of sulfone groups is 1. The summed E-state index contributed by atoms with van der Waals surface area (Å²) in [6.45, 7) is 6.74. The normalized spacial score (nSPS) is 20.7. The topological polar surface area (TPSA) is 80.5 Å². The SMILES string of the molecule is CCS(=O)(=O)c1ccccc1C(=O)N1CCC(N)C(C)(C)C1.Cl. The number of nitrogens with zero attached hydrogens (tertiary/aromatic N) is 1. The molecule has 1 unspecified atom stereocenters. The van der Waals surface area contributed by atoms with Crippen molar-refractivity contribution in [1.82, 2.24) is 4.90 Å². The molecule has 2 rings (SSSR count). The molecule has 5 nitrogen and oxygen atoms in total. The Balaban J connectivity index is 0.00000264. The molecule has 130 valence electrons. The van der Waals surface area contributed by atoms with Gasteiger partial charge in [0.1, 0.15) is 0 Å². The molecule has 1 fully saturated rings. The molecule has 0 bridgehead atoms. The summed E-state index contributed by atoms with van der Waals surface area (Å²) in [5.41, 5.74) is 6.19. The Hall–Kier alpha value is -1.11. The maximum Gasteiger partial charge on any atom is 0.255 e. The van der Waals surface area contributed by atoms with Gasteiger partial charge in [-0.15, -0.1) is 12.4 Å². The molecule has 0 aromatic heterocycles. The van der Waals surface area contributed by atoms with E-state index in [0.29, 0.717) is 13.1 Å². The van der Waals surface area contributed by atoms with Crippen LogP contribution in [-0.4, -0.2) is 44.1 Å². The van der Waals surface area contributed by atoms with Gasteiger partial charge < -0.3 is 10.6 Å². The summed E-state index contributed by atoms with van der Waals surface area (Å²) >= 11 is 0. The maximum atomic E-state index is 12.8. The molecule has 7 heteroatoms. The number of hydrogen-bond donors (Lipinski definition) is 1. The first-order valence-corrected chi connectivity index (χ1v) is 9.21. The van der Waals surface area contributed by atoms with Crippen LogP contribution in [0.1, 0.15) is 37.6 Å². The number of hydrogen-bond acceptors (Lipinski definition) is 4. The van der Waals surface area contributed by atoms with Gasteiger partial charge in [-0.05, 0) is 24.0 Å². The predicted molar refractivity (Wildman–Crippen MR) is 93.7 cm³/mol. The van der Waals surface area contributed by atoms with Crippen LogP contribution in [0.15, 0.2) is 29.2 Å². The third-order valence-electron chi connectivity index (χ3n) is 4.43. The van der Waals surface area contributed by atoms with E-state index in [0.717, 1.165) is 6.42 Å². The number of rotatable bonds is 3. The Kier molecular flexibility index (Phi) is 6.24. The number of halogens is 1. The number of piperidine rings is 1. The molecule has 1 amide bonds. The zero-order valence-electron chi connectivity index (χ0n) is 13.8. The fourth-order valence-electron chi connectivity index (χ4n) is 2.79. The van der Waals surface area contributed by atoms with Crippen LogP contribution in [0.3, 0.4) is 0 Å². The lowest BCUT2D eigenvalue weighted by atomic mass is 9.79. The summed E-state index contributed by atoms with van der Waals surface area (Å²) in [5.74, 6) is -0.249. The molecule has 0 spiro atoms. The first kappa shape index (κ1) is 19.9. The summed E-state index contributed by atoms with van der Waals surface area (Å²) in [7, 11) is -3.42.